The zero-order valence-electron chi connectivity index (χ0n) is 11.3. The maximum absolute atomic E-state index is 3.51. The van der Waals surface area contributed by atoms with Gasteiger partial charge in [-0.05, 0) is 66.1 Å². The van der Waals surface area contributed by atoms with Gasteiger partial charge in [0.15, 0.2) is 0 Å². The van der Waals surface area contributed by atoms with Gasteiger partial charge in [0.1, 0.15) is 0 Å². The normalized spacial score (nSPS) is 18.8. The van der Waals surface area contributed by atoms with E-state index in [0.717, 1.165) is 5.92 Å². The summed E-state index contributed by atoms with van der Waals surface area (Å²) in [6.45, 7) is 0. The van der Waals surface area contributed by atoms with Crippen LogP contribution in [0.1, 0.15) is 44.1 Å². The van der Waals surface area contributed by atoms with E-state index in [4.69, 9.17) is 0 Å². The van der Waals surface area contributed by atoms with E-state index >= 15 is 0 Å². The first-order valence-corrected chi connectivity index (χ1v) is 8.27. The third-order valence-corrected chi connectivity index (χ3v) is 4.87. The zero-order chi connectivity index (χ0) is 12.8. The van der Waals surface area contributed by atoms with Crippen LogP contribution in [0.3, 0.4) is 0 Å². The topological polar surface area (TPSA) is 12.0 Å². The van der Waals surface area contributed by atoms with Gasteiger partial charge in [-0.25, -0.2) is 0 Å². The fraction of sp³-hybridized carbons (Fsp3) is 0.625. The van der Waals surface area contributed by atoms with Crippen molar-refractivity contribution in [2.24, 2.45) is 5.92 Å². The highest BCUT2D eigenvalue weighted by Gasteiger charge is 2.18. The van der Waals surface area contributed by atoms with E-state index in [1.54, 1.807) is 0 Å². The molecule has 2 heteroatoms. The molecule has 0 radical (unpaired) electrons. The van der Waals surface area contributed by atoms with Gasteiger partial charge in [0.25, 0.3) is 0 Å². The van der Waals surface area contributed by atoms with E-state index in [-0.39, 0.29) is 0 Å². The fourth-order valence-corrected chi connectivity index (χ4v) is 3.39. The van der Waals surface area contributed by atoms with Crippen LogP contribution in [0.2, 0.25) is 0 Å². The van der Waals surface area contributed by atoms with Crippen molar-refractivity contribution in [2.45, 2.75) is 51.0 Å². The first-order valence-electron chi connectivity index (χ1n) is 7.19. The monoisotopic (exact) mass is 357 g/mol. The summed E-state index contributed by atoms with van der Waals surface area (Å²) < 4.78 is 1.32. The predicted octanol–water partition coefficient (Wildman–Crippen LogP) is 4.39. The molecule has 0 amide bonds. The number of halogens is 1. The average Bonchev–Trinajstić information content (AvgIpc) is 2.41. The summed E-state index contributed by atoms with van der Waals surface area (Å²) in [7, 11) is 2.11. The number of likely N-dealkylation sites (N-methyl/N-ethyl adjacent to an activating group) is 1. The molecule has 1 atom stereocenters. The second-order valence-corrected chi connectivity index (χ2v) is 6.80. The summed E-state index contributed by atoms with van der Waals surface area (Å²) in [6, 6.07) is 9.61. The van der Waals surface area contributed by atoms with Crippen molar-refractivity contribution in [1.82, 2.24) is 5.32 Å². The minimum atomic E-state index is 0.646. The molecule has 1 aliphatic carbocycles. The van der Waals surface area contributed by atoms with Crippen molar-refractivity contribution in [3.05, 3.63) is 33.4 Å². The lowest BCUT2D eigenvalue weighted by atomic mass is 9.83. The molecular formula is C16H24IN. The van der Waals surface area contributed by atoms with Gasteiger partial charge < -0.3 is 5.32 Å². The van der Waals surface area contributed by atoms with Gasteiger partial charge in [-0.1, -0.05) is 44.2 Å². The lowest BCUT2D eigenvalue weighted by Gasteiger charge is -2.26. The van der Waals surface area contributed by atoms with Crippen molar-refractivity contribution >= 4 is 22.6 Å². The Morgan fingerprint density at radius 2 is 1.83 bits per heavy atom. The SMILES string of the molecule is CNC(Cc1ccc(I)cc1)CC1CCCCC1. The summed E-state index contributed by atoms with van der Waals surface area (Å²) in [5, 5.41) is 3.51. The van der Waals surface area contributed by atoms with Gasteiger partial charge in [-0.15, -0.1) is 0 Å². The lowest BCUT2D eigenvalue weighted by molar-refractivity contribution is 0.302. The first-order chi connectivity index (χ1) is 8.78. The van der Waals surface area contributed by atoms with Crippen molar-refractivity contribution in [3.8, 4) is 0 Å². The Balaban J connectivity index is 1.86. The first kappa shape index (κ1) is 14.3. The smallest absolute Gasteiger partial charge is 0.0130 e. The van der Waals surface area contributed by atoms with Crippen molar-refractivity contribution < 1.29 is 0 Å². The molecule has 1 unspecified atom stereocenters. The van der Waals surface area contributed by atoms with Gasteiger partial charge in [0.05, 0.1) is 0 Å². The predicted molar refractivity (Wildman–Crippen MR) is 86.9 cm³/mol. The number of benzene rings is 1. The van der Waals surface area contributed by atoms with Crippen molar-refractivity contribution in [2.75, 3.05) is 7.05 Å². The van der Waals surface area contributed by atoms with Crippen LogP contribution in [-0.4, -0.2) is 13.1 Å². The molecule has 1 saturated carbocycles. The average molecular weight is 357 g/mol. The third kappa shape index (κ3) is 4.54. The minimum Gasteiger partial charge on any atom is -0.317 e. The largest absolute Gasteiger partial charge is 0.317 e. The molecule has 1 aromatic carbocycles. The molecule has 1 aliphatic rings. The Bertz CT molecular complexity index is 341. The van der Waals surface area contributed by atoms with Crippen molar-refractivity contribution in [3.63, 3.8) is 0 Å². The molecule has 1 N–H and O–H groups in total. The molecular weight excluding hydrogens is 333 g/mol. The highest BCUT2D eigenvalue weighted by atomic mass is 127. The van der Waals surface area contributed by atoms with Crippen LogP contribution < -0.4 is 5.32 Å². The van der Waals surface area contributed by atoms with Crippen LogP contribution in [-0.2, 0) is 6.42 Å². The van der Waals surface area contributed by atoms with E-state index < -0.39 is 0 Å². The molecule has 2 rings (SSSR count). The summed E-state index contributed by atoms with van der Waals surface area (Å²) in [5.74, 6) is 0.958. The molecule has 1 aromatic rings. The summed E-state index contributed by atoms with van der Waals surface area (Å²) >= 11 is 2.37. The van der Waals surface area contributed by atoms with Crippen LogP contribution in [0.4, 0.5) is 0 Å². The highest BCUT2D eigenvalue weighted by Crippen LogP contribution is 2.28. The fourth-order valence-electron chi connectivity index (χ4n) is 3.03. The maximum atomic E-state index is 3.51. The van der Waals surface area contributed by atoms with Gasteiger partial charge >= 0.3 is 0 Å². The number of rotatable bonds is 5. The van der Waals surface area contributed by atoms with Crippen molar-refractivity contribution in [1.29, 1.82) is 0 Å². The molecule has 1 nitrogen and oxygen atoms in total. The zero-order valence-corrected chi connectivity index (χ0v) is 13.4. The van der Waals surface area contributed by atoms with E-state index in [0.29, 0.717) is 6.04 Å². The summed E-state index contributed by atoms with van der Waals surface area (Å²) in [4.78, 5) is 0. The van der Waals surface area contributed by atoms with Crippen LogP contribution in [0.15, 0.2) is 24.3 Å². The number of hydrogen-bond donors (Lipinski definition) is 1. The molecule has 0 aliphatic heterocycles. The Morgan fingerprint density at radius 1 is 1.17 bits per heavy atom. The molecule has 0 bridgehead atoms. The number of nitrogens with one attached hydrogen (secondary N) is 1. The highest BCUT2D eigenvalue weighted by molar-refractivity contribution is 14.1. The van der Waals surface area contributed by atoms with E-state index in [2.05, 4.69) is 59.2 Å². The minimum absolute atomic E-state index is 0.646. The second-order valence-electron chi connectivity index (χ2n) is 5.56. The Morgan fingerprint density at radius 3 is 2.44 bits per heavy atom. The molecule has 1 fully saturated rings. The quantitative estimate of drug-likeness (QED) is 0.771. The van der Waals surface area contributed by atoms with E-state index in [1.165, 1.54) is 54.1 Å². The third-order valence-electron chi connectivity index (χ3n) is 4.15. The second kappa shape index (κ2) is 7.49. The van der Waals surface area contributed by atoms with Gasteiger partial charge in [0, 0.05) is 9.61 Å². The van der Waals surface area contributed by atoms with Crippen LogP contribution in [0.25, 0.3) is 0 Å². The van der Waals surface area contributed by atoms with Crippen LogP contribution >= 0.6 is 22.6 Å². The Hall–Kier alpha value is -0.0900. The van der Waals surface area contributed by atoms with Crippen LogP contribution in [0, 0.1) is 9.49 Å². The van der Waals surface area contributed by atoms with Gasteiger partial charge in [-0.2, -0.15) is 0 Å². The lowest BCUT2D eigenvalue weighted by Crippen LogP contribution is -2.30. The molecule has 0 spiro atoms. The number of hydrogen-bond acceptors (Lipinski definition) is 1. The molecule has 100 valence electrons. The van der Waals surface area contributed by atoms with Crippen LogP contribution in [0.5, 0.6) is 0 Å². The molecule has 0 saturated heterocycles. The van der Waals surface area contributed by atoms with Gasteiger partial charge in [0.2, 0.25) is 0 Å². The Labute approximate surface area is 125 Å². The van der Waals surface area contributed by atoms with Gasteiger partial charge in [-0.3, -0.25) is 0 Å². The molecule has 0 aromatic heterocycles. The molecule has 0 heterocycles. The summed E-state index contributed by atoms with van der Waals surface area (Å²) in [5.41, 5.74) is 1.46. The Kier molecular flexibility index (Phi) is 5.96. The molecule has 18 heavy (non-hydrogen) atoms. The summed E-state index contributed by atoms with van der Waals surface area (Å²) in [6.07, 6.45) is 9.77. The van der Waals surface area contributed by atoms with E-state index in [1.807, 2.05) is 0 Å². The van der Waals surface area contributed by atoms with E-state index in [9.17, 15) is 0 Å². The maximum Gasteiger partial charge on any atom is 0.0130 e. The standard InChI is InChI=1S/C16H24IN/c1-18-16(11-13-5-3-2-4-6-13)12-14-7-9-15(17)10-8-14/h7-10,13,16,18H,2-6,11-12H2,1H3.